The van der Waals surface area contributed by atoms with Crippen molar-refractivity contribution in [3.8, 4) is 0 Å². The van der Waals surface area contributed by atoms with Crippen LogP contribution < -0.4 is 0 Å². The maximum atomic E-state index is 12.4. The van der Waals surface area contributed by atoms with Gasteiger partial charge in [-0.2, -0.15) is 0 Å². The lowest BCUT2D eigenvalue weighted by molar-refractivity contribution is -0.161. The molecule has 1 unspecified atom stereocenters. The molecule has 0 heterocycles. The summed E-state index contributed by atoms with van der Waals surface area (Å²) < 4.78 is 26.2. The number of aliphatic hydroxyl groups excluding tert-OH is 1. The Labute approximate surface area is 297 Å². The van der Waals surface area contributed by atoms with Crippen molar-refractivity contribution in [2.75, 3.05) is 13.2 Å². The van der Waals surface area contributed by atoms with E-state index in [0.717, 1.165) is 70.6 Å². The Balaban J connectivity index is 4.08. The van der Waals surface area contributed by atoms with Gasteiger partial charge in [0.2, 0.25) is 0 Å². The average molecular weight is 713 g/mol. The molecule has 0 aliphatic rings. The molecule has 0 aliphatic heterocycles. The zero-order valence-corrected chi connectivity index (χ0v) is 31.6. The van der Waals surface area contributed by atoms with Crippen molar-refractivity contribution < 1.29 is 43.0 Å². The minimum atomic E-state index is -4.78. The van der Waals surface area contributed by atoms with Gasteiger partial charge >= 0.3 is 19.8 Å². The van der Waals surface area contributed by atoms with Crippen LogP contribution in [0, 0.1) is 0 Å². The van der Waals surface area contributed by atoms with Gasteiger partial charge in [-0.05, 0) is 57.8 Å². The van der Waals surface area contributed by atoms with Crippen molar-refractivity contribution in [1.29, 1.82) is 0 Å². The van der Waals surface area contributed by atoms with Crippen LogP contribution in [0.4, 0.5) is 0 Å². The number of esters is 2. The van der Waals surface area contributed by atoms with Crippen molar-refractivity contribution in [2.45, 2.75) is 174 Å². The Hall–Kier alpha value is -2.03. The summed E-state index contributed by atoms with van der Waals surface area (Å²) in [5.74, 6) is -0.974. The standard InChI is InChI=1S/C39H69O9P/c1-3-5-7-9-11-12-13-14-15-16-17-18-20-24-28-32-38(41)46-34-37(35-47-49(43,44)45)48-39(42)33-29-25-21-23-27-31-36(40)30-26-22-19-10-8-6-4-2/h6,8,14-15,19,22,26,30,36-37,40H,3-5,7,9-13,16-18,20-21,23-25,27-29,31-35H2,1-2H3,(H2,43,44,45)/b8-6+,15-14-,22-19+,30-26+/t36?,37-/m1/s1. The summed E-state index contributed by atoms with van der Waals surface area (Å²) in [6, 6.07) is 0. The Morgan fingerprint density at radius 2 is 1.22 bits per heavy atom. The lowest BCUT2D eigenvalue weighted by atomic mass is 10.1. The van der Waals surface area contributed by atoms with E-state index < -0.39 is 38.6 Å². The molecule has 0 bridgehead atoms. The smallest absolute Gasteiger partial charge is 0.462 e. The fraction of sp³-hybridized carbons (Fsp3) is 0.744. The van der Waals surface area contributed by atoms with Crippen LogP contribution in [-0.2, 0) is 28.2 Å². The van der Waals surface area contributed by atoms with Gasteiger partial charge in [-0.15, -0.1) is 0 Å². The summed E-state index contributed by atoms with van der Waals surface area (Å²) in [5.41, 5.74) is 0. The molecule has 0 spiro atoms. The molecular weight excluding hydrogens is 643 g/mol. The molecule has 49 heavy (non-hydrogen) atoms. The number of rotatable bonds is 34. The van der Waals surface area contributed by atoms with Crippen LogP contribution in [0.1, 0.15) is 162 Å². The number of carbonyl (C=O) groups is 2. The zero-order chi connectivity index (χ0) is 36.3. The molecule has 0 aromatic carbocycles. The van der Waals surface area contributed by atoms with Gasteiger partial charge in [0.25, 0.3) is 0 Å². The number of carbonyl (C=O) groups excluding carboxylic acids is 2. The molecule has 0 rings (SSSR count). The van der Waals surface area contributed by atoms with Crippen molar-refractivity contribution >= 4 is 19.8 Å². The van der Waals surface area contributed by atoms with Gasteiger partial charge < -0.3 is 24.4 Å². The van der Waals surface area contributed by atoms with Crippen LogP contribution in [0.3, 0.4) is 0 Å². The number of hydrogen-bond acceptors (Lipinski definition) is 7. The lowest BCUT2D eigenvalue weighted by Crippen LogP contribution is -2.29. The lowest BCUT2D eigenvalue weighted by Gasteiger charge is -2.18. The quantitative estimate of drug-likeness (QED) is 0.0195. The number of allylic oxidation sites excluding steroid dienone is 7. The number of hydrogen-bond donors (Lipinski definition) is 3. The van der Waals surface area contributed by atoms with E-state index in [1.54, 1.807) is 6.08 Å². The maximum Gasteiger partial charge on any atom is 0.469 e. The second-order valence-corrected chi connectivity index (χ2v) is 14.0. The van der Waals surface area contributed by atoms with Gasteiger partial charge in [0, 0.05) is 12.8 Å². The number of ether oxygens (including phenoxy) is 2. The molecule has 10 heteroatoms. The first kappa shape index (κ1) is 47.0. The van der Waals surface area contributed by atoms with E-state index in [-0.39, 0.29) is 19.4 Å². The van der Waals surface area contributed by atoms with Gasteiger partial charge in [0.1, 0.15) is 6.61 Å². The van der Waals surface area contributed by atoms with E-state index >= 15 is 0 Å². The highest BCUT2D eigenvalue weighted by atomic mass is 31.2. The first-order valence-corrected chi connectivity index (χ1v) is 20.6. The van der Waals surface area contributed by atoms with E-state index in [9.17, 15) is 19.3 Å². The highest BCUT2D eigenvalue weighted by Gasteiger charge is 2.22. The van der Waals surface area contributed by atoms with Crippen LogP contribution >= 0.6 is 7.82 Å². The Morgan fingerprint density at radius 3 is 1.84 bits per heavy atom. The molecular formula is C39H69O9P. The first-order valence-electron chi connectivity index (χ1n) is 19.0. The topological polar surface area (TPSA) is 140 Å². The van der Waals surface area contributed by atoms with Gasteiger partial charge in [0.05, 0.1) is 12.7 Å². The van der Waals surface area contributed by atoms with Crippen LogP contribution in [0.15, 0.2) is 48.6 Å². The molecule has 0 saturated carbocycles. The van der Waals surface area contributed by atoms with E-state index in [2.05, 4.69) is 42.7 Å². The number of unbranched alkanes of at least 4 members (excludes halogenated alkanes) is 15. The summed E-state index contributed by atoms with van der Waals surface area (Å²) in [4.78, 5) is 42.7. The second kappa shape index (κ2) is 34.4. The summed E-state index contributed by atoms with van der Waals surface area (Å²) >= 11 is 0. The van der Waals surface area contributed by atoms with Gasteiger partial charge in [-0.25, -0.2) is 4.57 Å². The van der Waals surface area contributed by atoms with E-state index in [1.807, 2.05) is 18.2 Å². The molecule has 0 radical (unpaired) electrons. The third-order valence-corrected chi connectivity index (χ3v) is 8.42. The minimum Gasteiger partial charge on any atom is -0.462 e. The summed E-state index contributed by atoms with van der Waals surface area (Å²) in [5, 5.41) is 10.1. The zero-order valence-electron chi connectivity index (χ0n) is 30.7. The third-order valence-electron chi connectivity index (χ3n) is 7.94. The average Bonchev–Trinajstić information content (AvgIpc) is 3.06. The molecule has 284 valence electrons. The minimum absolute atomic E-state index is 0.139. The molecule has 3 N–H and O–H groups in total. The van der Waals surface area contributed by atoms with E-state index in [0.29, 0.717) is 19.3 Å². The molecule has 0 amide bonds. The largest absolute Gasteiger partial charge is 0.469 e. The fourth-order valence-electron chi connectivity index (χ4n) is 5.08. The molecule has 0 aromatic rings. The molecule has 0 saturated heterocycles. The predicted octanol–water partition coefficient (Wildman–Crippen LogP) is 10.1. The fourth-order valence-corrected chi connectivity index (χ4v) is 5.44. The Kier molecular flexibility index (Phi) is 33.0. The van der Waals surface area contributed by atoms with Crippen LogP contribution in [0.25, 0.3) is 0 Å². The summed E-state index contributed by atoms with van der Waals surface area (Å²) in [6.07, 6.45) is 37.1. The van der Waals surface area contributed by atoms with Crippen molar-refractivity contribution in [2.24, 2.45) is 0 Å². The van der Waals surface area contributed by atoms with Gasteiger partial charge in [-0.3, -0.25) is 14.1 Å². The Morgan fingerprint density at radius 1 is 0.653 bits per heavy atom. The molecule has 0 fully saturated rings. The normalized spacial score (nSPS) is 13.7. The van der Waals surface area contributed by atoms with Crippen molar-refractivity contribution in [3.05, 3.63) is 48.6 Å². The predicted molar refractivity (Wildman–Crippen MR) is 199 cm³/mol. The second-order valence-electron chi connectivity index (χ2n) is 12.7. The number of aliphatic hydroxyl groups is 1. The van der Waals surface area contributed by atoms with Crippen LogP contribution in [0.5, 0.6) is 0 Å². The Bertz CT molecular complexity index is 954. The monoisotopic (exact) mass is 712 g/mol. The van der Waals surface area contributed by atoms with Gasteiger partial charge in [-0.1, -0.05) is 140 Å². The molecule has 0 aromatic heterocycles. The number of phosphoric ester groups is 1. The van der Waals surface area contributed by atoms with E-state index in [1.165, 1.54) is 44.9 Å². The SMILES string of the molecule is CC/C=C/C/C=C/C=C/C(O)CCCCCCCC(=O)O[C@H](COC(=O)CCCCCCC/C=C\CCCCCCCC)COP(=O)(O)O. The van der Waals surface area contributed by atoms with Crippen LogP contribution in [-0.4, -0.2) is 52.3 Å². The highest BCUT2D eigenvalue weighted by Crippen LogP contribution is 2.36. The maximum absolute atomic E-state index is 12.4. The summed E-state index contributed by atoms with van der Waals surface area (Å²) in [6.45, 7) is 3.45. The highest BCUT2D eigenvalue weighted by molar-refractivity contribution is 7.46. The van der Waals surface area contributed by atoms with Crippen molar-refractivity contribution in [1.82, 2.24) is 0 Å². The molecule has 0 aliphatic carbocycles. The molecule has 2 atom stereocenters. The van der Waals surface area contributed by atoms with E-state index in [4.69, 9.17) is 19.3 Å². The first-order chi connectivity index (χ1) is 23.7. The summed E-state index contributed by atoms with van der Waals surface area (Å²) in [7, 11) is -4.78. The molecule has 9 nitrogen and oxygen atoms in total. The van der Waals surface area contributed by atoms with Crippen LogP contribution in [0.2, 0.25) is 0 Å². The van der Waals surface area contributed by atoms with Gasteiger partial charge in [0.15, 0.2) is 6.10 Å². The number of phosphoric acid groups is 1. The third kappa shape index (κ3) is 37.1. The van der Waals surface area contributed by atoms with Crippen molar-refractivity contribution in [3.63, 3.8) is 0 Å².